The van der Waals surface area contributed by atoms with Crippen LogP contribution in [0.4, 0.5) is 10.2 Å². The average molecular weight is 258 g/mol. The number of aliphatic hydroxyl groups is 1. The Bertz CT molecular complexity index is 355. The molecule has 0 aliphatic rings. The molecule has 102 valence electrons. The van der Waals surface area contributed by atoms with Crippen molar-refractivity contribution in [1.82, 2.24) is 4.98 Å². The lowest BCUT2D eigenvalue weighted by Crippen LogP contribution is -2.32. The number of halogens is 1. The summed E-state index contributed by atoms with van der Waals surface area (Å²) in [6.07, 6.45) is 1.14. The maximum absolute atomic E-state index is 13.1. The van der Waals surface area contributed by atoms with E-state index in [1.54, 1.807) is 14.2 Å². The summed E-state index contributed by atoms with van der Waals surface area (Å²) in [5, 5.41) is 9.25. The molecule has 0 aliphatic heterocycles. The van der Waals surface area contributed by atoms with Gasteiger partial charge in [0.1, 0.15) is 11.6 Å². The molecule has 0 bridgehead atoms. The van der Waals surface area contributed by atoms with Crippen LogP contribution in [0.25, 0.3) is 0 Å². The molecule has 5 nitrogen and oxygen atoms in total. The van der Waals surface area contributed by atoms with Gasteiger partial charge < -0.3 is 19.5 Å². The SMILES string of the molecule is COCCN(CCOC)c1ncc(F)cc1CO. The fourth-order valence-corrected chi connectivity index (χ4v) is 1.60. The van der Waals surface area contributed by atoms with E-state index in [0.717, 1.165) is 6.20 Å². The number of aliphatic hydroxyl groups excluding tert-OH is 1. The Kier molecular flexibility index (Phi) is 6.56. The summed E-state index contributed by atoms with van der Waals surface area (Å²) in [4.78, 5) is 5.94. The number of methoxy groups -OCH3 is 2. The lowest BCUT2D eigenvalue weighted by atomic mass is 10.2. The van der Waals surface area contributed by atoms with Gasteiger partial charge in [-0.25, -0.2) is 9.37 Å². The van der Waals surface area contributed by atoms with Crippen molar-refractivity contribution in [2.75, 3.05) is 45.4 Å². The average Bonchev–Trinajstić information content (AvgIpc) is 2.39. The third kappa shape index (κ3) is 4.21. The van der Waals surface area contributed by atoms with Crippen LogP contribution in [-0.2, 0) is 16.1 Å². The Labute approximate surface area is 106 Å². The molecule has 0 saturated heterocycles. The molecule has 0 unspecified atom stereocenters. The topological polar surface area (TPSA) is 54.8 Å². The number of hydrogen-bond donors (Lipinski definition) is 1. The molecule has 0 amide bonds. The van der Waals surface area contributed by atoms with Gasteiger partial charge >= 0.3 is 0 Å². The molecule has 6 heteroatoms. The second-order valence-corrected chi connectivity index (χ2v) is 3.77. The third-order valence-corrected chi connectivity index (χ3v) is 2.51. The molecule has 0 aromatic carbocycles. The second-order valence-electron chi connectivity index (χ2n) is 3.77. The zero-order chi connectivity index (χ0) is 13.4. The van der Waals surface area contributed by atoms with E-state index in [9.17, 15) is 9.50 Å². The fraction of sp³-hybridized carbons (Fsp3) is 0.583. The summed E-state index contributed by atoms with van der Waals surface area (Å²) in [5.74, 6) is 0.106. The highest BCUT2D eigenvalue weighted by molar-refractivity contribution is 5.46. The molecular weight excluding hydrogens is 239 g/mol. The van der Waals surface area contributed by atoms with Gasteiger partial charge in [-0.15, -0.1) is 0 Å². The highest BCUT2D eigenvalue weighted by Gasteiger charge is 2.13. The predicted molar refractivity (Wildman–Crippen MR) is 66.1 cm³/mol. The van der Waals surface area contributed by atoms with Gasteiger partial charge in [-0.05, 0) is 6.07 Å². The van der Waals surface area contributed by atoms with Crippen LogP contribution >= 0.6 is 0 Å². The molecule has 1 heterocycles. The predicted octanol–water partition coefficient (Wildman–Crippen LogP) is 0.812. The van der Waals surface area contributed by atoms with Crippen molar-refractivity contribution in [3.8, 4) is 0 Å². The molecule has 1 N–H and O–H groups in total. The van der Waals surface area contributed by atoms with Crippen LogP contribution in [0.5, 0.6) is 0 Å². The minimum atomic E-state index is -0.457. The minimum absolute atomic E-state index is 0.253. The lowest BCUT2D eigenvalue weighted by Gasteiger charge is -2.24. The van der Waals surface area contributed by atoms with Gasteiger partial charge in [-0.2, -0.15) is 0 Å². The van der Waals surface area contributed by atoms with Crippen LogP contribution in [0, 0.1) is 5.82 Å². The van der Waals surface area contributed by atoms with Crippen molar-refractivity contribution in [2.24, 2.45) is 0 Å². The number of ether oxygens (including phenoxy) is 2. The Hall–Kier alpha value is -1.24. The van der Waals surface area contributed by atoms with E-state index < -0.39 is 5.82 Å². The van der Waals surface area contributed by atoms with Gasteiger partial charge in [0.2, 0.25) is 0 Å². The highest BCUT2D eigenvalue weighted by Crippen LogP contribution is 2.18. The molecule has 18 heavy (non-hydrogen) atoms. The van der Waals surface area contributed by atoms with Crippen LogP contribution in [-0.4, -0.2) is 50.6 Å². The zero-order valence-corrected chi connectivity index (χ0v) is 10.7. The molecule has 0 spiro atoms. The number of hydrogen-bond acceptors (Lipinski definition) is 5. The van der Waals surface area contributed by atoms with Gasteiger partial charge in [0.05, 0.1) is 26.0 Å². The van der Waals surface area contributed by atoms with Gasteiger partial charge in [0.15, 0.2) is 0 Å². The van der Waals surface area contributed by atoms with Crippen LogP contribution in [0.2, 0.25) is 0 Å². The molecule has 0 radical (unpaired) electrons. The van der Waals surface area contributed by atoms with E-state index in [-0.39, 0.29) is 6.61 Å². The van der Waals surface area contributed by atoms with E-state index >= 15 is 0 Å². The van der Waals surface area contributed by atoms with Gasteiger partial charge in [0.25, 0.3) is 0 Å². The first-order valence-electron chi connectivity index (χ1n) is 5.71. The molecule has 0 aliphatic carbocycles. The smallest absolute Gasteiger partial charge is 0.142 e. The van der Waals surface area contributed by atoms with E-state index in [1.165, 1.54) is 6.07 Å². The Balaban J connectivity index is 2.88. The Morgan fingerprint density at radius 2 is 1.89 bits per heavy atom. The first-order valence-corrected chi connectivity index (χ1v) is 5.71. The summed E-state index contributed by atoms with van der Waals surface area (Å²) in [6.45, 7) is 1.99. The van der Waals surface area contributed by atoms with Crippen LogP contribution in [0.3, 0.4) is 0 Å². The molecular formula is C12H19FN2O3. The number of anilines is 1. The minimum Gasteiger partial charge on any atom is -0.392 e. The first-order chi connectivity index (χ1) is 8.72. The summed E-state index contributed by atoms with van der Waals surface area (Å²) in [6, 6.07) is 1.29. The normalized spacial score (nSPS) is 10.7. The van der Waals surface area contributed by atoms with Crippen molar-refractivity contribution in [3.63, 3.8) is 0 Å². The van der Waals surface area contributed by atoms with Crippen molar-refractivity contribution in [1.29, 1.82) is 0 Å². The summed E-state index contributed by atoms with van der Waals surface area (Å²) >= 11 is 0. The van der Waals surface area contributed by atoms with Crippen molar-refractivity contribution < 1.29 is 19.0 Å². The molecule has 1 aromatic heterocycles. The largest absolute Gasteiger partial charge is 0.392 e. The number of aromatic nitrogens is 1. The number of rotatable bonds is 8. The van der Waals surface area contributed by atoms with Crippen LogP contribution in [0.15, 0.2) is 12.3 Å². The van der Waals surface area contributed by atoms with Crippen molar-refractivity contribution in [2.45, 2.75) is 6.61 Å². The lowest BCUT2D eigenvalue weighted by molar-refractivity contribution is 0.189. The maximum atomic E-state index is 13.1. The summed E-state index contributed by atoms with van der Waals surface area (Å²) in [7, 11) is 3.22. The fourth-order valence-electron chi connectivity index (χ4n) is 1.60. The van der Waals surface area contributed by atoms with E-state index in [2.05, 4.69) is 4.98 Å². The van der Waals surface area contributed by atoms with E-state index in [1.807, 2.05) is 4.90 Å². The van der Waals surface area contributed by atoms with Crippen LogP contribution < -0.4 is 4.90 Å². The maximum Gasteiger partial charge on any atom is 0.142 e. The van der Waals surface area contributed by atoms with Crippen LogP contribution in [0.1, 0.15) is 5.56 Å². The quantitative estimate of drug-likeness (QED) is 0.748. The third-order valence-electron chi connectivity index (χ3n) is 2.51. The van der Waals surface area contributed by atoms with Gasteiger partial charge in [0, 0.05) is 32.9 Å². The summed E-state index contributed by atoms with van der Waals surface area (Å²) < 4.78 is 23.1. The second kappa shape index (κ2) is 7.97. The molecule has 0 atom stereocenters. The molecule has 1 rings (SSSR count). The van der Waals surface area contributed by atoms with Gasteiger partial charge in [-0.3, -0.25) is 0 Å². The van der Waals surface area contributed by atoms with Crippen molar-refractivity contribution >= 4 is 5.82 Å². The number of pyridine rings is 1. The Morgan fingerprint density at radius 3 is 2.39 bits per heavy atom. The first kappa shape index (κ1) is 14.8. The molecule has 0 saturated carbocycles. The highest BCUT2D eigenvalue weighted by atomic mass is 19.1. The van der Waals surface area contributed by atoms with E-state index in [4.69, 9.17) is 9.47 Å². The zero-order valence-electron chi connectivity index (χ0n) is 10.7. The van der Waals surface area contributed by atoms with Crippen molar-refractivity contribution in [3.05, 3.63) is 23.6 Å². The molecule has 1 aromatic rings. The monoisotopic (exact) mass is 258 g/mol. The van der Waals surface area contributed by atoms with Gasteiger partial charge in [-0.1, -0.05) is 0 Å². The Morgan fingerprint density at radius 1 is 1.28 bits per heavy atom. The van der Waals surface area contributed by atoms with E-state index in [0.29, 0.717) is 37.7 Å². The number of nitrogens with zero attached hydrogens (tertiary/aromatic N) is 2. The molecule has 0 fully saturated rings. The summed E-state index contributed by atoms with van der Waals surface area (Å²) in [5.41, 5.74) is 0.460. The standard InChI is InChI=1S/C12H19FN2O3/c1-17-5-3-15(4-6-18-2)12-10(9-16)7-11(13)8-14-12/h7-8,16H,3-6,9H2,1-2H3.